The van der Waals surface area contributed by atoms with Crippen LogP contribution in [0.5, 0.6) is 0 Å². The van der Waals surface area contributed by atoms with Crippen molar-refractivity contribution in [3.63, 3.8) is 0 Å². The number of rotatable bonds is 3. The fourth-order valence-corrected chi connectivity index (χ4v) is 2.49. The zero-order chi connectivity index (χ0) is 11.7. The molecular formula is C11H11N5S. The van der Waals surface area contributed by atoms with E-state index < -0.39 is 0 Å². The fraction of sp³-hybridized carbons (Fsp3) is 0.273. The highest BCUT2D eigenvalue weighted by molar-refractivity contribution is 7.19. The molecule has 0 atom stereocenters. The predicted octanol–water partition coefficient (Wildman–Crippen LogP) is 2.20. The average molecular weight is 245 g/mol. The van der Waals surface area contributed by atoms with Gasteiger partial charge in [0.25, 0.3) is 0 Å². The Hall–Kier alpha value is -1.82. The number of hydrogen-bond donors (Lipinski definition) is 0. The maximum absolute atomic E-state index is 4.53. The van der Waals surface area contributed by atoms with Crippen LogP contribution in [0.25, 0.3) is 15.5 Å². The third kappa shape index (κ3) is 1.80. The van der Waals surface area contributed by atoms with Gasteiger partial charge in [-0.1, -0.05) is 18.3 Å². The number of nitrogens with zero attached hydrogens (tertiary/aromatic N) is 5. The molecule has 0 saturated heterocycles. The van der Waals surface area contributed by atoms with Gasteiger partial charge in [0, 0.05) is 24.4 Å². The molecule has 3 rings (SSSR count). The van der Waals surface area contributed by atoms with Gasteiger partial charge in [0.2, 0.25) is 4.96 Å². The van der Waals surface area contributed by atoms with Crippen molar-refractivity contribution < 1.29 is 0 Å². The van der Waals surface area contributed by atoms with Crippen LogP contribution in [0.4, 0.5) is 0 Å². The molecule has 3 heterocycles. The summed E-state index contributed by atoms with van der Waals surface area (Å²) in [6.45, 7) is 2.12. The highest BCUT2D eigenvalue weighted by Crippen LogP contribution is 2.24. The van der Waals surface area contributed by atoms with Gasteiger partial charge in [-0.2, -0.15) is 9.61 Å². The van der Waals surface area contributed by atoms with Crippen LogP contribution in [0.3, 0.4) is 0 Å². The molecule has 0 saturated carbocycles. The van der Waals surface area contributed by atoms with Crippen molar-refractivity contribution in [3.05, 3.63) is 30.4 Å². The largest absolute Gasteiger partial charge is 0.264 e. The lowest BCUT2D eigenvalue weighted by Crippen LogP contribution is -1.95. The number of aromatic nitrogens is 5. The van der Waals surface area contributed by atoms with Gasteiger partial charge in [-0.15, -0.1) is 10.2 Å². The number of fused-ring (bicyclic) bond motifs is 1. The second-order valence-electron chi connectivity index (χ2n) is 3.71. The quantitative estimate of drug-likeness (QED) is 0.710. The molecule has 0 aliphatic heterocycles. The maximum atomic E-state index is 4.53. The van der Waals surface area contributed by atoms with Crippen molar-refractivity contribution >= 4 is 16.3 Å². The summed E-state index contributed by atoms with van der Waals surface area (Å²) < 4.78 is 1.83. The van der Waals surface area contributed by atoms with Gasteiger partial charge in [0.05, 0.1) is 0 Å². The Bertz CT molecular complexity index is 628. The summed E-state index contributed by atoms with van der Waals surface area (Å²) in [4.78, 5) is 4.94. The monoisotopic (exact) mass is 245 g/mol. The molecule has 0 fully saturated rings. The Morgan fingerprint density at radius 3 is 3.06 bits per heavy atom. The normalized spacial score (nSPS) is 11.1. The second kappa shape index (κ2) is 4.21. The minimum atomic E-state index is 0.840. The van der Waals surface area contributed by atoms with Crippen LogP contribution in [0.2, 0.25) is 0 Å². The molecule has 0 N–H and O–H groups in total. The van der Waals surface area contributed by atoms with Crippen LogP contribution in [0, 0.1) is 0 Å². The number of aryl methyl sites for hydroxylation is 1. The Morgan fingerprint density at radius 2 is 2.29 bits per heavy atom. The van der Waals surface area contributed by atoms with E-state index in [0.717, 1.165) is 34.2 Å². The maximum Gasteiger partial charge on any atom is 0.234 e. The van der Waals surface area contributed by atoms with Crippen molar-refractivity contribution in [1.29, 1.82) is 0 Å². The average Bonchev–Trinajstić information content (AvgIpc) is 2.93. The summed E-state index contributed by atoms with van der Waals surface area (Å²) in [7, 11) is 0. The van der Waals surface area contributed by atoms with Gasteiger partial charge in [-0.3, -0.25) is 4.98 Å². The first-order valence-corrected chi connectivity index (χ1v) is 6.31. The molecule has 0 aromatic carbocycles. The van der Waals surface area contributed by atoms with Crippen LogP contribution in [-0.4, -0.2) is 24.8 Å². The molecule has 0 spiro atoms. The SMILES string of the molecule is CCCc1nnc2sc(-c3cccnc3)nn12. The second-order valence-corrected chi connectivity index (χ2v) is 4.67. The van der Waals surface area contributed by atoms with Crippen LogP contribution in [-0.2, 0) is 6.42 Å². The molecule has 17 heavy (non-hydrogen) atoms. The molecule has 0 radical (unpaired) electrons. The summed E-state index contributed by atoms with van der Waals surface area (Å²) >= 11 is 1.54. The van der Waals surface area contributed by atoms with E-state index in [2.05, 4.69) is 27.2 Å². The third-order valence-corrected chi connectivity index (χ3v) is 3.39. The topological polar surface area (TPSA) is 56.0 Å². The summed E-state index contributed by atoms with van der Waals surface area (Å²) in [6, 6.07) is 3.91. The van der Waals surface area contributed by atoms with Crippen LogP contribution in [0.1, 0.15) is 19.2 Å². The van der Waals surface area contributed by atoms with Crippen molar-refractivity contribution in [2.45, 2.75) is 19.8 Å². The molecule has 0 aliphatic carbocycles. The van der Waals surface area contributed by atoms with E-state index in [9.17, 15) is 0 Å². The first-order valence-electron chi connectivity index (χ1n) is 5.50. The van der Waals surface area contributed by atoms with Gasteiger partial charge < -0.3 is 0 Å². The summed E-state index contributed by atoms with van der Waals surface area (Å²) in [6.07, 6.45) is 5.51. The lowest BCUT2D eigenvalue weighted by molar-refractivity contribution is 0.778. The van der Waals surface area contributed by atoms with Gasteiger partial charge in [-0.05, 0) is 18.6 Å². The van der Waals surface area contributed by atoms with Crippen molar-refractivity contribution in [3.8, 4) is 10.6 Å². The Morgan fingerprint density at radius 1 is 1.35 bits per heavy atom. The molecule has 86 valence electrons. The molecule has 3 aromatic heterocycles. The van der Waals surface area contributed by atoms with E-state index in [0.29, 0.717) is 0 Å². The standard InChI is InChI=1S/C11H11N5S/c1-2-4-9-13-14-11-16(9)15-10(17-11)8-5-3-6-12-7-8/h3,5-7H,2,4H2,1H3. The predicted molar refractivity (Wildman–Crippen MR) is 65.9 cm³/mol. The minimum Gasteiger partial charge on any atom is -0.264 e. The number of pyridine rings is 1. The first-order chi connectivity index (χ1) is 8.38. The van der Waals surface area contributed by atoms with Crippen molar-refractivity contribution in [2.75, 3.05) is 0 Å². The van der Waals surface area contributed by atoms with E-state index in [1.54, 1.807) is 6.20 Å². The zero-order valence-electron chi connectivity index (χ0n) is 9.37. The molecule has 0 unspecified atom stereocenters. The summed E-state index contributed by atoms with van der Waals surface area (Å²) in [5, 5.41) is 13.7. The Kier molecular flexibility index (Phi) is 2.56. The highest BCUT2D eigenvalue weighted by Gasteiger charge is 2.11. The first kappa shape index (κ1) is 10.3. The smallest absolute Gasteiger partial charge is 0.234 e. The van der Waals surface area contributed by atoms with Gasteiger partial charge >= 0.3 is 0 Å². The molecular weight excluding hydrogens is 234 g/mol. The molecule has 6 heteroatoms. The lowest BCUT2D eigenvalue weighted by Gasteiger charge is -1.93. The van der Waals surface area contributed by atoms with E-state index in [1.807, 2.05) is 22.8 Å². The molecule has 3 aromatic rings. The van der Waals surface area contributed by atoms with E-state index >= 15 is 0 Å². The molecule has 5 nitrogen and oxygen atoms in total. The highest BCUT2D eigenvalue weighted by atomic mass is 32.1. The van der Waals surface area contributed by atoms with Gasteiger partial charge in [0.15, 0.2) is 5.82 Å². The van der Waals surface area contributed by atoms with Gasteiger partial charge in [-0.25, -0.2) is 0 Å². The van der Waals surface area contributed by atoms with Crippen molar-refractivity contribution in [2.24, 2.45) is 0 Å². The lowest BCUT2D eigenvalue weighted by atomic mass is 10.3. The molecule has 0 bridgehead atoms. The van der Waals surface area contributed by atoms with E-state index in [4.69, 9.17) is 0 Å². The minimum absolute atomic E-state index is 0.840. The summed E-state index contributed by atoms with van der Waals surface area (Å²) in [5.74, 6) is 0.925. The Labute approximate surface area is 102 Å². The van der Waals surface area contributed by atoms with E-state index in [1.165, 1.54) is 11.3 Å². The fourth-order valence-electron chi connectivity index (χ4n) is 1.64. The number of hydrogen-bond acceptors (Lipinski definition) is 5. The van der Waals surface area contributed by atoms with Crippen LogP contribution in [0.15, 0.2) is 24.5 Å². The van der Waals surface area contributed by atoms with Crippen molar-refractivity contribution in [1.82, 2.24) is 24.8 Å². The molecule has 0 amide bonds. The molecule has 0 aliphatic rings. The van der Waals surface area contributed by atoms with E-state index in [-0.39, 0.29) is 0 Å². The zero-order valence-corrected chi connectivity index (χ0v) is 10.2. The van der Waals surface area contributed by atoms with Gasteiger partial charge in [0.1, 0.15) is 5.01 Å². The summed E-state index contributed by atoms with van der Waals surface area (Å²) in [5.41, 5.74) is 1.02. The Balaban J connectivity index is 2.08. The van der Waals surface area contributed by atoms with Crippen LogP contribution >= 0.6 is 11.3 Å². The third-order valence-electron chi connectivity index (χ3n) is 2.44. The van der Waals surface area contributed by atoms with Crippen LogP contribution < -0.4 is 0 Å².